The van der Waals surface area contributed by atoms with Crippen molar-refractivity contribution in [1.29, 1.82) is 0 Å². The molecule has 0 radical (unpaired) electrons. The van der Waals surface area contributed by atoms with Gasteiger partial charge in [0, 0.05) is 32.2 Å². The Hall–Kier alpha value is -2.76. The topological polar surface area (TPSA) is 55.4 Å². The molecule has 1 unspecified atom stereocenters. The lowest BCUT2D eigenvalue weighted by Crippen LogP contribution is -2.39. The Balaban J connectivity index is 1.76. The normalized spacial score (nSPS) is 18.8. The number of benzene rings is 2. The van der Waals surface area contributed by atoms with Crippen LogP contribution in [0.2, 0.25) is 5.02 Å². The number of alkyl halides is 3. The maximum absolute atomic E-state index is 13.0. The molecule has 3 aromatic rings. The molecule has 1 saturated heterocycles. The number of ether oxygens (including phenoxy) is 1. The molecule has 9 heteroatoms. The summed E-state index contributed by atoms with van der Waals surface area (Å²) in [5.74, 6) is 5.84. The van der Waals surface area contributed by atoms with Crippen molar-refractivity contribution in [1.82, 2.24) is 5.32 Å². The number of halogens is 4. The molecule has 0 saturated carbocycles. The summed E-state index contributed by atoms with van der Waals surface area (Å²) < 4.78 is 44.6. The van der Waals surface area contributed by atoms with E-state index >= 15 is 0 Å². The number of carbonyl (C=O) groups excluding carboxylic acids is 1. The van der Waals surface area contributed by atoms with Crippen LogP contribution in [0.5, 0.6) is 0 Å². The zero-order valence-corrected chi connectivity index (χ0v) is 17.0. The van der Waals surface area contributed by atoms with Gasteiger partial charge in [-0.2, -0.15) is 13.2 Å². The van der Waals surface area contributed by atoms with Gasteiger partial charge >= 0.3 is 12.3 Å². The molecule has 1 atom stereocenters. The number of fused-ring (bicyclic) bond motifs is 2. The zero-order valence-electron chi connectivity index (χ0n) is 15.4. The maximum atomic E-state index is 13.0. The number of amides is 1. The van der Waals surface area contributed by atoms with E-state index in [0.717, 1.165) is 23.5 Å². The van der Waals surface area contributed by atoms with Crippen LogP contribution in [0.25, 0.3) is 20.2 Å². The van der Waals surface area contributed by atoms with E-state index in [4.69, 9.17) is 16.3 Å². The van der Waals surface area contributed by atoms with E-state index in [1.807, 2.05) is 0 Å². The predicted molar refractivity (Wildman–Crippen MR) is 110 cm³/mol. The molecular weight excluding hydrogens is 439 g/mol. The lowest BCUT2D eigenvalue weighted by Gasteiger charge is -2.16. The van der Waals surface area contributed by atoms with Crippen molar-refractivity contribution in [2.45, 2.75) is 25.1 Å². The van der Waals surface area contributed by atoms with Crippen molar-refractivity contribution in [2.24, 2.45) is 0 Å². The molecule has 0 spiro atoms. The summed E-state index contributed by atoms with van der Waals surface area (Å²) >= 11 is 7.36. The van der Waals surface area contributed by atoms with Gasteiger partial charge in [0.15, 0.2) is 5.43 Å². The van der Waals surface area contributed by atoms with Crippen molar-refractivity contribution in [3.8, 4) is 11.8 Å². The second-order valence-corrected chi connectivity index (χ2v) is 8.70. The summed E-state index contributed by atoms with van der Waals surface area (Å²) in [6, 6.07) is 6.15. The fourth-order valence-corrected chi connectivity index (χ4v) is 4.53. The van der Waals surface area contributed by atoms with Gasteiger partial charge < -0.3 is 10.1 Å². The number of alkyl carbamates (subject to hydrolysis) is 1. The van der Waals surface area contributed by atoms with Crippen LogP contribution in [0.1, 0.15) is 24.5 Å². The van der Waals surface area contributed by atoms with Gasteiger partial charge in [0.05, 0.1) is 16.1 Å². The monoisotopic (exact) mass is 451 g/mol. The molecular formula is C21H13ClF3NO3S. The van der Waals surface area contributed by atoms with Crippen molar-refractivity contribution < 1.29 is 22.7 Å². The van der Waals surface area contributed by atoms with E-state index in [9.17, 15) is 22.8 Å². The number of cyclic esters (lactones) is 1. The Morgan fingerprint density at radius 1 is 1.20 bits per heavy atom. The number of nitrogens with one attached hydrogen (secondary N) is 1. The lowest BCUT2D eigenvalue weighted by atomic mass is 10.0. The van der Waals surface area contributed by atoms with E-state index in [-0.39, 0.29) is 27.1 Å². The smallest absolute Gasteiger partial charge is 0.416 e. The maximum Gasteiger partial charge on any atom is 0.416 e. The van der Waals surface area contributed by atoms with Crippen LogP contribution in [-0.4, -0.2) is 18.2 Å². The van der Waals surface area contributed by atoms with Crippen LogP contribution >= 0.6 is 22.9 Å². The van der Waals surface area contributed by atoms with Gasteiger partial charge in [0.25, 0.3) is 0 Å². The van der Waals surface area contributed by atoms with Gasteiger partial charge in [-0.15, -0.1) is 11.3 Å². The molecule has 1 aromatic heterocycles. The first-order chi connectivity index (χ1) is 14.1. The average Bonchev–Trinajstić information content (AvgIpc) is 3.00. The van der Waals surface area contributed by atoms with Crippen molar-refractivity contribution in [3.63, 3.8) is 0 Å². The van der Waals surface area contributed by atoms with Crippen LogP contribution in [0.15, 0.2) is 35.1 Å². The second kappa shape index (κ2) is 7.18. The van der Waals surface area contributed by atoms with Crippen molar-refractivity contribution >= 4 is 49.2 Å². The van der Waals surface area contributed by atoms with Crippen molar-refractivity contribution in [2.75, 3.05) is 6.61 Å². The van der Waals surface area contributed by atoms with Crippen LogP contribution < -0.4 is 10.7 Å². The largest absolute Gasteiger partial charge is 0.447 e. The highest BCUT2D eigenvalue weighted by atomic mass is 35.5. The van der Waals surface area contributed by atoms with E-state index in [0.29, 0.717) is 22.1 Å². The molecule has 1 amide bonds. The van der Waals surface area contributed by atoms with Gasteiger partial charge in [-0.1, -0.05) is 23.4 Å². The third-order valence-corrected chi connectivity index (χ3v) is 6.14. The van der Waals surface area contributed by atoms with Crippen LogP contribution in [0.4, 0.5) is 18.0 Å². The highest BCUT2D eigenvalue weighted by molar-refractivity contribution is 7.24. The lowest BCUT2D eigenvalue weighted by molar-refractivity contribution is -0.137. The van der Waals surface area contributed by atoms with Gasteiger partial charge in [-0.05, 0) is 37.3 Å². The molecule has 1 aliphatic heterocycles. The molecule has 1 fully saturated rings. The number of hydrogen-bond donors (Lipinski definition) is 1. The quantitative estimate of drug-likeness (QED) is 0.402. The first-order valence-corrected chi connectivity index (χ1v) is 9.96. The molecule has 1 aliphatic rings. The van der Waals surface area contributed by atoms with Crippen LogP contribution in [0.3, 0.4) is 0 Å². The molecule has 1 N–H and O–H groups in total. The molecule has 0 bridgehead atoms. The predicted octanol–water partition coefficient (Wildman–Crippen LogP) is 5.33. The highest BCUT2D eigenvalue weighted by Crippen LogP contribution is 2.34. The summed E-state index contributed by atoms with van der Waals surface area (Å²) in [5, 5.41) is 3.51. The van der Waals surface area contributed by atoms with Gasteiger partial charge in [-0.3, -0.25) is 4.79 Å². The zero-order chi connectivity index (χ0) is 21.7. The molecule has 4 rings (SSSR count). The number of rotatable bonds is 1. The third-order valence-electron chi connectivity index (χ3n) is 4.71. The standard InChI is InChI=1S/C21H13ClF3NO3S/c1-20(10-29-19(28)26-20)6-2-3-11-7-14-17(9-15(11)22)30-16-8-12(21(23,24)25)4-5-13(16)18(14)27/h4-5,7-9H,6,10H2,1H3,(H,26,28). The highest BCUT2D eigenvalue weighted by Gasteiger charge is 2.34. The number of carbonyl (C=O) groups is 1. The minimum Gasteiger partial charge on any atom is -0.447 e. The number of hydrogen-bond acceptors (Lipinski definition) is 4. The van der Waals surface area contributed by atoms with Gasteiger partial charge in [0.1, 0.15) is 6.61 Å². The van der Waals surface area contributed by atoms with E-state index in [2.05, 4.69) is 17.2 Å². The Labute approximate surface area is 177 Å². The van der Waals surface area contributed by atoms with E-state index in [1.54, 1.807) is 13.0 Å². The van der Waals surface area contributed by atoms with E-state index in [1.165, 1.54) is 12.1 Å². The van der Waals surface area contributed by atoms with Crippen LogP contribution in [0, 0.1) is 11.8 Å². The van der Waals surface area contributed by atoms with Crippen LogP contribution in [-0.2, 0) is 10.9 Å². The molecule has 154 valence electrons. The summed E-state index contributed by atoms with van der Waals surface area (Å²) in [5.41, 5.74) is -1.37. The summed E-state index contributed by atoms with van der Waals surface area (Å²) in [7, 11) is 0. The second-order valence-electron chi connectivity index (χ2n) is 7.21. The van der Waals surface area contributed by atoms with Gasteiger partial charge in [0.2, 0.25) is 0 Å². The molecule has 0 aliphatic carbocycles. The molecule has 30 heavy (non-hydrogen) atoms. The minimum absolute atomic E-state index is 0.199. The Kier molecular flexibility index (Phi) is 4.91. The molecule has 4 nitrogen and oxygen atoms in total. The average molecular weight is 452 g/mol. The Bertz CT molecular complexity index is 1320. The third kappa shape index (κ3) is 3.83. The van der Waals surface area contributed by atoms with Crippen molar-refractivity contribution in [3.05, 3.63) is 56.7 Å². The fourth-order valence-electron chi connectivity index (χ4n) is 3.12. The molecule has 2 heterocycles. The summed E-state index contributed by atoms with van der Waals surface area (Å²) in [4.78, 5) is 24.1. The summed E-state index contributed by atoms with van der Waals surface area (Å²) in [6.07, 6.45) is -4.67. The van der Waals surface area contributed by atoms with E-state index < -0.39 is 23.4 Å². The Morgan fingerprint density at radius 2 is 1.93 bits per heavy atom. The SMILES string of the molecule is CC1(CC#Cc2cc3c(=O)c4ccc(C(F)(F)F)cc4sc3cc2Cl)COC(=O)N1. The van der Waals surface area contributed by atoms with Gasteiger partial charge in [-0.25, -0.2) is 4.79 Å². The molecule has 2 aromatic carbocycles. The first-order valence-electron chi connectivity index (χ1n) is 8.77. The first kappa shape index (κ1) is 20.5. The summed E-state index contributed by atoms with van der Waals surface area (Å²) in [6.45, 7) is 2.00. The minimum atomic E-state index is -4.49. The Morgan fingerprint density at radius 3 is 2.60 bits per heavy atom. The fraction of sp³-hybridized carbons (Fsp3) is 0.238.